The number of hydrogen-bond donors (Lipinski definition) is 3. The lowest BCUT2D eigenvalue weighted by molar-refractivity contribution is -0.122. The number of carbonyl (C=O) groups excluding carboxylic acids is 2. The number of carbonyl (C=O) groups is 2. The van der Waals surface area contributed by atoms with Crippen molar-refractivity contribution in [2.24, 2.45) is 5.41 Å². The Bertz CT molecular complexity index is 610. The van der Waals surface area contributed by atoms with E-state index in [2.05, 4.69) is 25.8 Å². The zero-order valence-electron chi connectivity index (χ0n) is 13.4. The molecule has 0 atom stereocenters. The van der Waals surface area contributed by atoms with Gasteiger partial charge in [-0.3, -0.25) is 14.7 Å². The molecule has 0 unspecified atom stereocenters. The van der Waals surface area contributed by atoms with Crippen LogP contribution < -0.4 is 10.6 Å². The van der Waals surface area contributed by atoms with Crippen LogP contribution in [0.3, 0.4) is 0 Å². The summed E-state index contributed by atoms with van der Waals surface area (Å²) in [6, 6.07) is 1.71. The summed E-state index contributed by atoms with van der Waals surface area (Å²) in [7, 11) is 0. The molecule has 0 aromatic carbocycles. The van der Waals surface area contributed by atoms with Crippen LogP contribution in [0.5, 0.6) is 0 Å². The predicted molar refractivity (Wildman–Crippen MR) is 92.7 cm³/mol. The Morgan fingerprint density at radius 3 is 2.50 bits per heavy atom. The second-order valence-corrected chi connectivity index (χ2v) is 7.21. The second-order valence-electron chi connectivity index (χ2n) is 6.32. The molecule has 1 aliphatic carbocycles. The molecule has 2 aromatic heterocycles. The Kier molecular flexibility index (Phi) is 5.24. The molecular formula is C16H21N5O2S. The van der Waals surface area contributed by atoms with E-state index in [-0.39, 0.29) is 17.2 Å². The molecule has 1 fully saturated rings. The number of aromatic nitrogens is 3. The third-order valence-corrected chi connectivity index (χ3v) is 5.13. The van der Waals surface area contributed by atoms with Crippen LogP contribution in [0.15, 0.2) is 23.8 Å². The molecule has 0 radical (unpaired) electrons. The summed E-state index contributed by atoms with van der Waals surface area (Å²) in [5.41, 5.74) is -0.274. The minimum Gasteiger partial charge on any atom is -0.311 e. The minimum atomic E-state index is -0.274. The number of nitrogens with one attached hydrogen (secondary N) is 3. The zero-order valence-corrected chi connectivity index (χ0v) is 14.2. The van der Waals surface area contributed by atoms with Crippen molar-refractivity contribution in [3.05, 3.63) is 23.8 Å². The van der Waals surface area contributed by atoms with Crippen LogP contribution in [0.1, 0.15) is 44.9 Å². The topological polar surface area (TPSA) is 99.8 Å². The molecule has 1 aliphatic rings. The molecule has 2 amide bonds. The van der Waals surface area contributed by atoms with Crippen LogP contribution >= 0.6 is 11.3 Å². The average Bonchev–Trinajstić information content (AvgIpc) is 3.21. The van der Waals surface area contributed by atoms with Crippen molar-refractivity contribution in [1.82, 2.24) is 15.2 Å². The number of nitrogens with zero attached hydrogens (tertiary/aromatic N) is 2. The van der Waals surface area contributed by atoms with Crippen molar-refractivity contribution >= 4 is 34.1 Å². The summed E-state index contributed by atoms with van der Waals surface area (Å²) in [6.07, 6.45) is 9.02. The molecule has 0 saturated heterocycles. The van der Waals surface area contributed by atoms with E-state index in [1.54, 1.807) is 18.5 Å². The van der Waals surface area contributed by atoms with Gasteiger partial charge >= 0.3 is 0 Å². The van der Waals surface area contributed by atoms with Gasteiger partial charge in [-0.15, -0.1) is 11.3 Å². The van der Waals surface area contributed by atoms with Crippen LogP contribution in [0.25, 0.3) is 0 Å². The molecule has 3 rings (SSSR count). The van der Waals surface area contributed by atoms with Crippen LogP contribution in [0.4, 0.5) is 10.9 Å². The second kappa shape index (κ2) is 7.57. The fourth-order valence-corrected chi connectivity index (χ4v) is 3.91. The largest absolute Gasteiger partial charge is 0.311 e. The van der Waals surface area contributed by atoms with Gasteiger partial charge in [0.1, 0.15) is 5.82 Å². The van der Waals surface area contributed by atoms with Gasteiger partial charge in [-0.25, -0.2) is 4.98 Å². The van der Waals surface area contributed by atoms with Gasteiger partial charge < -0.3 is 10.6 Å². The standard InChI is InChI=1S/C16H21N5O2S/c22-13(19-12-4-7-18-21-12)10-16(5-2-1-3-6-16)11-14(23)20-15-17-8-9-24-15/h4,7-9H,1-3,5-6,10-11H2,(H,17,20,23)(H2,18,19,21,22). The number of amides is 2. The average molecular weight is 347 g/mol. The van der Waals surface area contributed by atoms with E-state index in [0.29, 0.717) is 23.8 Å². The Labute approximate surface area is 144 Å². The molecule has 0 spiro atoms. The van der Waals surface area contributed by atoms with Crippen molar-refractivity contribution in [1.29, 1.82) is 0 Å². The number of hydrogen-bond acceptors (Lipinski definition) is 5. The van der Waals surface area contributed by atoms with Gasteiger partial charge in [-0.2, -0.15) is 5.10 Å². The van der Waals surface area contributed by atoms with Gasteiger partial charge in [0, 0.05) is 30.5 Å². The van der Waals surface area contributed by atoms with Crippen LogP contribution in [-0.4, -0.2) is 27.0 Å². The summed E-state index contributed by atoms with van der Waals surface area (Å²) < 4.78 is 0. The number of thiazole rings is 1. The molecule has 24 heavy (non-hydrogen) atoms. The summed E-state index contributed by atoms with van der Waals surface area (Å²) in [5.74, 6) is 0.433. The van der Waals surface area contributed by atoms with Gasteiger partial charge in [-0.05, 0) is 18.3 Å². The van der Waals surface area contributed by atoms with E-state index in [0.717, 1.165) is 32.1 Å². The first kappa shape index (κ1) is 16.6. The van der Waals surface area contributed by atoms with Gasteiger partial charge in [0.2, 0.25) is 11.8 Å². The highest BCUT2D eigenvalue weighted by Gasteiger charge is 2.36. The summed E-state index contributed by atoms with van der Waals surface area (Å²) in [5, 5.41) is 14.6. The molecule has 1 saturated carbocycles. The van der Waals surface area contributed by atoms with Gasteiger partial charge in [0.05, 0.1) is 6.20 Å². The molecular weight excluding hydrogens is 326 g/mol. The zero-order chi connectivity index (χ0) is 16.8. The lowest BCUT2D eigenvalue weighted by atomic mass is 9.69. The smallest absolute Gasteiger partial charge is 0.226 e. The molecule has 8 heteroatoms. The highest BCUT2D eigenvalue weighted by Crippen LogP contribution is 2.42. The summed E-state index contributed by atoms with van der Waals surface area (Å²) in [4.78, 5) is 28.9. The lowest BCUT2D eigenvalue weighted by Gasteiger charge is -2.36. The number of anilines is 2. The number of aromatic amines is 1. The van der Waals surface area contributed by atoms with Gasteiger partial charge in [0.25, 0.3) is 0 Å². The highest BCUT2D eigenvalue weighted by atomic mass is 32.1. The van der Waals surface area contributed by atoms with Crippen molar-refractivity contribution in [2.75, 3.05) is 10.6 Å². The molecule has 7 nitrogen and oxygen atoms in total. The van der Waals surface area contributed by atoms with E-state index in [1.807, 2.05) is 5.38 Å². The third-order valence-electron chi connectivity index (χ3n) is 4.44. The highest BCUT2D eigenvalue weighted by molar-refractivity contribution is 7.13. The maximum Gasteiger partial charge on any atom is 0.226 e. The molecule has 0 aliphatic heterocycles. The monoisotopic (exact) mass is 347 g/mol. The SMILES string of the molecule is O=C(CC1(CC(=O)Nc2nccs2)CCCCC1)Nc1ccn[nH]1. The molecule has 2 aromatic rings. The minimum absolute atomic E-state index is 0.0683. The Morgan fingerprint density at radius 2 is 1.88 bits per heavy atom. The fraction of sp³-hybridized carbons (Fsp3) is 0.500. The van der Waals surface area contributed by atoms with Crippen LogP contribution in [-0.2, 0) is 9.59 Å². The van der Waals surface area contributed by atoms with Crippen molar-refractivity contribution in [3.63, 3.8) is 0 Å². The Morgan fingerprint density at radius 1 is 1.12 bits per heavy atom. The van der Waals surface area contributed by atoms with Crippen molar-refractivity contribution in [3.8, 4) is 0 Å². The number of H-pyrrole nitrogens is 1. The summed E-state index contributed by atoms with van der Waals surface area (Å²) >= 11 is 1.40. The van der Waals surface area contributed by atoms with E-state index < -0.39 is 0 Å². The lowest BCUT2D eigenvalue weighted by Crippen LogP contribution is -2.34. The first-order valence-corrected chi connectivity index (χ1v) is 9.02. The van der Waals surface area contributed by atoms with Crippen molar-refractivity contribution < 1.29 is 9.59 Å². The van der Waals surface area contributed by atoms with Gasteiger partial charge in [-0.1, -0.05) is 19.3 Å². The molecule has 3 N–H and O–H groups in total. The first-order valence-electron chi connectivity index (χ1n) is 8.14. The normalized spacial score (nSPS) is 16.5. The predicted octanol–water partition coefficient (Wildman–Crippen LogP) is 3.17. The number of rotatable bonds is 6. The molecule has 128 valence electrons. The maximum atomic E-state index is 12.4. The maximum absolute atomic E-state index is 12.4. The molecule has 2 heterocycles. The van der Waals surface area contributed by atoms with E-state index >= 15 is 0 Å². The quantitative estimate of drug-likeness (QED) is 0.747. The van der Waals surface area contributed by atoms with Crippen LogP contribution in [0, 0.1) is 5.41 Å². The Hall–Kier alpha value is -2.22. The van der Waals surface area contributed by atoms with Crippen LogP contribution in [0.2, 0.25) is 0 Å². The van der Waals surface area contributed by atoms with E-state index in [9.17, 15) is 9.59 Å². The van der Waals surface area contributed by atoms with E-state index in [4.69, 9.17) is 0 Å². The first-order chi connectivity index (χ1) is 11.7. The van der Waals surface area contributed by atoms with Gasteiger partial charge in [0.15, 0.2) is 5.13 Å². The fourth-order valence-electron chi connectivity index (χ4n) is 3.37. The van der Waals surface area contributed by atoms with E-state index in [1.165, 1.54) is 11.3 Å². The summed E-state index contributed by atoms with van der Waals surface area (Å²) in [6.45, 7) is 0. The third kappa shape index (κ3) is 4.41. The van der Waals surface area contributed by atoms with Crippen molar-refractivity contribution in [2.45, 2.75) is 44.9 Å². The Balaban J connectivity index is 1.63. The molecule has 0 bridgehead atoms.